The standard InChI is InChI=1S/C21H23BrN2O2/c1-13(2)18-11-16(8-9-21(18)26-4)20-12-19(23-24(20)14(3)25)15-6-5-7-17(22)10-15/h5-11,13,20H,12H2,1-4H3. The lowest BCUT2D eigenvalue weighted by Crippen LogP contribution is -2.24. The zero-order valence-electron chi connectivity index (χ0n) is 15.5. The largest absolute Gasteiger partial charge is 0.496 e. The average molecular weight is 415 g/mol. The number of rotatable bonds is 4. The van der Waals surface area contributed by atoms with Gasteiger partial charge in [-0.05, 0) is 46.9 Å². The highest BCUT2D eigenvalue weighted by atomic mass is 79.9. The van der Waals surface area contributed by atoms with Crippen molar-refractivity contribution in [1.82, 2.24) is 5.01 Å². The maximum Gasteiger partial charge on any atom is 0.240 e. The third-order valence-electron chi connectivity index (χ3n) is 4.65. The molecule has 0 bridgehead atoms. The van der Waals surface area contributed by atoms with Crippen LogP contribution in [0.3, 0.4) is 0 Å². The molecule has 4 nitrogen and oxygen atoms in total. The van der Waals surface area contributed by atoms with E-state index in [4.69, 9.17) is 4.74 Å². The van der Waals surface area contributed by atoms with E-state index < -0.39 is 0 Å². The molecule has 1 unspecified atom stereocenters. The molecule has 0 aromatic heterocycles. The summed E-state index contributed by atoms with van der Waals surface area (Å²) in [4.78, 5) is 12.2. The highest BCUT2D eigenvalue weighted by molar-refractivity contribution is 9.10. The van der Waals surface area contributed by atoms with Crippen molar-refractivity contribution >= 4 is 27.5 Å². The molecule has 2 aromatic rings. The van der Waals surface area contributed by atoms with Crippen molar-refractivity contribution in [3.05, 3.63) is 63.6 Å². The Balaban J connectivity index is 1.98. The highest BCUT2D eigenvalue weighted by Crippen LogP contribution is 2.36. The molecular weight excluding hydrogens is 392 g/mol. The minimum Gasteiger partial charge on any atom is -0.496 e. The molecule has 26 heavy (non-hydrogen) atoms. The number of halogens is 1. The van der Waals surface area contributed by atoms with Gasteiger partial charge in [-0.3, -0.25) is 4.79 Å². The summed E-state index contributed by atoms with van der Waals surface area (Å²) in [5.74, 6) is 1.16. The number of methoxy groups -OCH3 is 1. The Kier molecular flexibility index (Phi) is 5.47. The van der Waals surface area contributed by atoms with Crippen LogP contribution in [0.2, 0.25) is 0 Å². The fraction of sp³-hybridized carbons (Fsp3) is 0.333. The Bertz CT molecular complexity index is 861. The van der Waals surface area contributed by atoms with Crippen LogP contribution in [0.4, 0.5) is 0 Å². The predicted octanol–water partition coefficient (Wildman–Crippen LogP) is 5.28. The maximum atomic E-state index is 12.2. The van der Waals surface area contributed by atoms with Crippen LogP contribution in [0.15, 0.2) is 52.0 Å². The number of carbonyl (C=O) groups excluding carboxylic acids is 1. The quantitative estimate of drug-likeness (QED) is 0.682. The molecule has 1 amide bonds. The average Bonchev–Trinajstić information content (AvgIpc) is 3.07. The number of amides is 1. The predicted molar refractivity (Wildman–Crippen MR) is 108 cm³/mol. The first-order valence-electron chi connectivity index (χ1n) is 8.71. The summed E-state index contributed by atoms with van der Waals surface area (Å²) < 4.78 is 6.49. The zero-order valence-corrected chi connectivity index (χ0v) is 17.1. The van der Waals surface area contributed by atoms with Crippen molar-refractivity contribution in [2.75, 3.05) is 7.11 Å². The summed E-state index contributed by atoms with van der Waals surface area (Å²) in [6, 6.07) is 14.1. The van der Waals surface area contributed by atoms with E-state index in [0.29, 0.717) is 12.3 Å². The third-order valence-corrected chi connectivity index (χ3v) is 5.14. The minimum atomic E-state index is -0.0927. The summed E-state index contributed by atoms with van der Waals surface area (Å²) >= 11 is 3.51. The molecule has 2 aromatic carbocycles. The first-order chi connectivity index (χ1) is 12.4. The van der Waals surface area contributed by atoms with Crippen molar-refractivity contribution in [1.29, 1.82) is 0 Å². The van der Waals surface area contributed by atoms with E-state index in [-0.39, 0.29) is 11.9 Å². The number of ether oxygens (including phenoxy) is 1. The molecule has 136 valence electrons. The minimum absolute atomic E-state index is 0.0538. The lowest BCUT2D eigenvalue weighted by molar-refractivity contribution is -0.130. The van der Waals surface area contributed by atoms with E-state index in [1.54, 1.807) is 19.0 Å². The SMILES string of the molecule is COc1ccc(C2CC(c3cccc(Br)c3)=NN2C(C)=O)cc1C(C)C. The Morgan fingerprint density at radius 1 is 1.27 bits per heavy atom. The smallest absolute Gasteiger partial charge is 0.240 e. The number of hydrogen-bond donors (Lipinski definition) is 0. The van der Waals surface area contributed by atoms with Gasteiger partial charge in [0.05, 0.1) is 18.9 Å². The summed E-state index contributed by atoms with van der Waals surface area (Å²) in [6.45, 7) is 5.85. The molecule has 0 saturated heterocycles. The Hall–Kier alpha value is -2.14. The van der Waals surface area contributed by atoms with Crippen molar-refractivity contribution in [3.8, 4) is 5.75 Å². The topological polar surface area (TPSA) is 41.9 Å². The van der Waals surface area contributed by atoms with E-state index in [2.05, 4.69) is 40.9 Å². The van der Waals surface area contributed by atoms with E-state index >= 15 is 0 Å². The van der Waals surface area contributed by atoms with Gasteiger partial charge in [0.1, 0.15) is 5.75 Å². The van der Waals surface area contributed by atoms with Crippen LogP contribution in [0.1, 0.15) is 55.8 Å². The molecule has 1 heterocycles. The third kappa shape index (κ3) is 3.68. The number of nitrogens with zero attached hydrogens (tertiary/aromatic N) is 2. The van der Waals surface area contributed by atoms with Gasteiger partial charge in [0.2, 0.25) is 5.91 Å². The van der Waals surface area contributed by atoms with Crippen molar-refractivity contribution in [2.45, 2.75) is 39.2 Å². The van der Waals surface area contributed by atoms with Gasteiger partial charge < -0.3 is 4.74 Å². The van der Waals surface area contributed by atoms with Gasteiger partial charge in [-0.1, -0.05) is 48.0 Å². The molecule has 0 fully saturated rings. The van der Waals surface area contributed by atoms with Crippen molar-refractivity contribution < 1.29 is 9.53 Å². The van der Waals surface area contributed by atoms with Gasteiger partial charge in [0.15, 0.2) is 0 Å². The highest BCUT2D eigenvalue weighted by Gasteiger charge is 2.32. The first-order valence-corrected chi connectivity index (χ1v) is 9.51. The second kappa shape index (κ2) is 7.62. The number of hydrogen-bond acceptors (Lipinski definition) is 3. The molecule has 0 spiro atoms. The van der Waals surface area contributed by atoms with E-state index in [1.807, 2.05) is 36.4 Å². The molecule has 5 heteroatoms. The number of benzene rings is 2. The fourth-order valence-corrected chi connectivity index (χ4v) is 3.71. The number of carbonyl (C=O) groups is 1. The zero-order chi connectivity index (χ0) is 18.8. The molecule has 0 saturated carbocycles. The normalized spacial score (nSPS) is 16.8. The van der Waals surface area contributed by atoms with E-state index in [9.17, 15) is 4.79 Å². The Labute approximate surface area is 163 Å². The Morgan fingerprint density at radius 3 is 2.65 bits per heavy atom. The molecular formula is C21H23BrN2O2. The van der Waals surface area contributed by atoms with Crippen LogP contribution in [0, 0.1) is 0 Å². The molecule has 3 rings (SSSR count). The second-order valence-corrected chi connectivity index (χ2v) is 7.71. The number of hydrazone groups is 1. The molecule has 1 aliphatic heterocycles. The molecule has 1 atom stereocenters. The fourth-order valence-electron chi connectivity index (χ4n) is 3.31. The van der Waals surface area contributed by atoms with E-state index in [1.165, 1.54) is 0 Å². The van der Waals surface area contributed by atoms with Crippen LogP contribution in [0.5, 0.6) is 5.75 Å². The lowest BCUT2D eigenvalue weighted by atomic mass is 9.93. The summed E-state index contributed by atoms with van der Waals surface area (Å²) in [7, 11) is 1.69. The Morgan fingerprint density at radius 2 is 2.04 bits per heavy atom. The summed E-state index contributed by atoms with van der Waals surface area (Å²) in [5, 5.41) is 6.22. The van der Waals surface area contributed by atoms with Crippen LogP contribution in [-0.4, -0.2) is 23.7 Å². The van der Waals surface area contributed by atoms with Gasteiger partial charge in [0.25, 0.3) is 0 Å². The molecule has 1 aliphatic rings. The monoisotopic (exact) mass is 414 g/mol. The van der Waals surface area contributed by atoms with Crippen LogP contribution in [-0.2, 0) is 4.79 Å². The summed E-state index contributed by atoms with van der Waals surface area (Å²) in [5.41, 5.74) is 4.18. The maximum absolute atomic E-state index is 12.2. The summed E-state index contributed by atoms with van der Waals surface area (Å²) in [6.07, 6.45) is 0.694. The van der Waals surface area contributed by atoms with Gasteiger partial charge in [-0.25, -0.2) is 5.01 Å². The van der Waals surface area contributed by atoms with Crippen LogP contribution in [0.25, 0.3) is 0 Å². The first kappa shape index (κ1) is 18.6. The van der Waals surface area contributed by atoms with Gasteiger partial charge in [0, 0.05) is 17.8 Å². The van der Waals surface area contributed by atoms with Crippen molar-refractivity contribution in [2.24, 2.45) is 5.10 Å². The molecule has 0 radical (unpaired) electrons. The van der Waals surface area contributed by atoms with E-state index in [0.717, 1.165) is 32.6 Å². The van der Waals surface area contributed by atoms with Crippen molar-refractivity contribution in [3.63, 3.8) is 0 Å². The van der Waals surface area contributed by atoms with Gasteiger partial charge in [-0.15, -0.1) is 0 Å². The molecule has 0 aliphatic carbocycles. The lowest BCUT2D eigenvalue weighted by Gasteiger charge is -2.22. The second-order valence-electron chi connectivity index (χ2n) is 6.80. The van der Waals surface area contributed by atoms with Crippen LogP contribution < -0.4 is 4.74 Å². The van der Waals surface area contributed by atoms with Gasteiger partial charge in [-0.2, -0.15) is 5.10 Å². The molecule has 0 N–H and O–H groups in total. The van der Waals surface area contributed by atoms with Crippen LogP contribution >= 0.6 is 15.9 Å². The van der Waals surface area contributed by atoms with Gasteiger partial charge >= 0.3 is 0 Å².